The maximum Gasteiger partial charge on any atom is 0.118 e. The van der Waals surface area contributed by atoms with Crippen LogP contribution >= 0.6 is 11.3 Å². The van der Waals surface area contributed by atoms with Gasteiger partial charge in [0, 0.05) is 4.88 Å². The van der Waals surface area contributed by atoms with E-state index in [0.29, 0.717) is 0 Å². The fraction of sp³-hybridized carbons (Fsp3) is 0.143. The Balaban J connectivity index is 2.37. The molecule has 0 saturated heterocycles. The summed E-state index contributed by atoms with van der Waals surface area (Å²) in [5.41, 5.74) is 2.15. The molecule has 0 unspecified atom stereocenters. The molecule has 0 radical (unpaired) electrons. The fourth-order valence-electron chi connectivity index (χ4n) is 1.65. The maximum atomic E-state index is 9.10. The third-order valence-electron chi connectivity index (χ3n) is 2.48. The van der Waals surface area contributed by atoms with Crippen molar-refractivity contribution in [3.05, 3.63) is 58.3 Å². The Labute approximate surface area is 105 Å². The van der Waals surface area contributed by atoms with E-state index < -0.39 is 0 Å². The van der Waals surface area contributed by atoms with Crippen LogP contribution in [0.5, 0.6) is 5.75 Å². The van der Waals surface area contributed by atoms with Crippen molar-refractivity contribution < 1.29 is 9.84 Å². The second kappa shape index (κ2) is 5.66. The van der Waals surface area contributed by atoms with E-state index in [1.807, 2.05) is 41.8 Å². The van der Waals surface area contributed by atoms with E-state index in [0.717, 1.165) is 21.8 Å². The standard InChI is InChI=1S/C14H14O2S/c1-16-12-6-4-11(5-7-12)13(8-9-15)14-3-2-10-17-14/h2-8,10,15H,9H2,1H3. The molecule has 1 aromatic heterocycles. The first kappa shape index (κ1) is 11.9. The zero-order chi connectivity index (χ0) is 12.1. The van der Waals surface area contributed by atoms with Crippen molar-refractivity contribution in [3.63, 3.8) is 0 Å². The van der Waals surface area contributed by atoms with Gasteiger partial charge in [0.15, 0.2) is 0 Å². The monoisotopic (exact) mass is 246 g/mol. The number of benzene rings is 1. The molecule has 88 valence electrons. The molecular formula is C14H14O2S. The van der Waals surface area contributed by atoms with Gasteiger partial charge >= 0.3 is 0 Å². The molecule has 0 fully saturated rings. The molecule has 1 heterocycles. The predicted molar refractivity (Wildman–Crippen MR) is 71.5 cm³/mol. The number of ether oxygens (including phenoxy) is 1. The van der Waals surface area contributed by atoms with E-state index in [2.05, 4.69) is 6.07 Å². The van der Waals surface area contributed by atoms with Crippen LogP contribution in [0.15, 0.2) is 47.9 Å². The average molecular weight is 246 g/mol. The highest BCUT2D eigenvalue weighted by Gasteiger charge is 2.05. The molecule has 3 heteroatoms. The zero-order valence-corrected chi connectivity index (χ0v) is 10.4. The summed E-state index contributed by atoms with van der Waals surface area (Å²) < 4.78 is 5.13. The topological polar surface area (TPSA) is 29.5 Å². The van der Waals surface area contributed by atoms with Crippen LogP contribution in [-0.4, -0.2) is 18.8 Å². The van der Waals surface area contributed by atoms with Gasteiger partial charge in [-0.2, -0.15) is 0 Å². The van der Waals surface area contributed by atoms with Crippen LogP contribution in [-0.2, 0) is 0 Å². The molecule has 2 rings (SSSR count). The second-order valence-electron chi connectivity index (χ2n) is 3.51. The summed E-state index contributed by atoms with van der Waals surface area (Å²) in [5.74, 6) is 0.836. The van der Waals surface area contributed by atoms with E-state index >= 15 is 0 Å². The van der Waals surface area contributed by atoms with Gasteiger partial charge in [-0.3, -0.25) is 0 Å². The third kappa shape index (κ3) is 2.75. The first-order valence-corrected chi connectivity index (χ1v) is 6.22. The fourth-order valence-corrected chi connectivity index (χ4v) is 2.44. The molecular weight excluding hydrogens is 232 g/mol. The van der Waals surface area contributed by atoms with Crippen molar-refractivity contribution in [2.45, 2.75) is 0 Å². The minimum Gasteiger partial charge on any atom is -0.497 e. The van der Waals surface area contributed by atoms with Gasteiger partial charge in [-0.15, -0.1) is 11.3 Å². The Bertz CT molecular complexity index is 483. The van der Waals surface area contributed by atoms with Crippen molar-refractivity contribution >= 4 is 16.9 Å². The summed E-state index contributed by atoms with van der Waals surface area (Å²) in [6, 6.07) is 11.9. The van der Waals surface area contributed by atoms with Gasteiger partial charge in [-0.1, -0.05) is 18.2 Å². The van der Waals surface area contributed by atoms with Gasteiger partial charge in [0.1, 0.15) is 5.75 Å². The Morgan fingerprint density at radius 3 is 2.59 bits per heavy atom. The van der Waals surface area contributed by atoms with Gasteiger partial charge in [0.2, 0.25) is 0 Å². The van der Waals surface area contributed by atoms with Crippen molar-refractivity contribution in [2.75, 3.05) is 13.7 Å². The van der Waals surface area contributed by atoms with Crippen LogP contribution in [0.25, 0.3) is 5.57 Å². The SMILES string of the molecule is COc1ccc(C(=CCO)c2cccs2)cc1. The van der Waals surface area contributed by atoms with Crippen LogP contribution in [0.1, 0.15) is 10.4 Å². The van der Waals surface area contributed by atoms with E-state index in [4.69, 9.17) is 9.84 Å². The highest BCUT2D eigenvalue weighted by Crippen LogP contribution is 2.28. The lowest BCUT2D eigenvalue weighted by Gasteiger charge is -2.06. The molecule has 0 aliphatic heterocycles. The average Bonchev–Trinajstić information content (AvgIpc) is 2.90. The van der Waals surface area contributed by atoms with Crippen LogP contribution in [0.2, 0.25) is 0 Å². The molecule has 2 aromatic rings. The van der Waals surface area contributed by atoms with Crippen molar-refractivity contribution in [1.29, 1.82) is 0 Å². The number of aliphatic hydroxyl groups is 1. The smallest absolute Gasteiger partial charge is 0.118 e. The molecule has 0 aliphatic rings. The Hall–Kier alpha value is -1.58. The summed E-state index contributed by atoms with van der Waals surface area (Å²) >= 11 is 1.67. The van der Waals surface area contributed by atoms with E-state index in [9.17, 15) is 0 Å². The van der Waals surface area contributed by atoms with Crippen LogP contribution in [0, 0.1) is 0 Å². The van der Waals surface area contributed by atoms with Gasteiger partial charge in [0.05, 0.1) is 13.7 Å². The van der Waals surface area contributed by atoms with Crippen molar-refractivity contribution in [1.82, 2.24) is 0 Å². The number of methoxy groups -OCH3 is 1. The quantitative estimate of drug-likeness (QED) is 0.897. The van der Waals surface area contributed by atoms with E-state index in [1.165, 1.54) is 0 Å². The summed E-state index contributed by atoms with van der Waals surface area (Å²) in [4.78, 5) is 1.16. The normalized spacial score (nSPS) is 11.5. The highest BCUT2D eigenvalue weighted by atomic mass is 32.1. The molecule has 1 aromatic carbocycles. The Kier molecular flexibility index (Phi) is 3.96. The summed E-state index contributed by atoms with van der Waals surface area (Å²) in [5, 5.41) is 11.1. The number of thiophene rings is 1. The Morgan fingerprint density at radius 2 is 2.06 bits per heavy atom. The molecule has 17 heavy (non-hydrogen) atoms. The molecule has 0 saturated carbocycles. The van der Waals surface area contributed by atoms with Gasteiger partial charge in [0.25, 0.3) is 0 Å². The van der Waals surface area contributed by atoms with Crippen LogP contribution in [0.4, 0.5) is 0 Å². The van der Waals surface area contributed by atoms with E-state index in [1.54, 1.807) is 18.4 Å². The van der Waals surface area contributed by atoms with Crippen LogP contribution in [0.3, 0.4) is 0 Å². The molecule has 0 aliphatic carbocycles. The largest absolute Gasteiger partial charge is 0.497 e. The molecule has 0 spiro atoms. The first-order chi connectivity index (χ1) is 8.35. The second-order valence-corrected chi connectivity index (χ2v) is 4.45. The molecule has 1 N–H and O–H groups in total. The summed E-state index contributed by atoms with van der Waals surface area (Å²) in [6.07, 6.45) is 1.83. The van der Waals surface area contributed by atoms with Gasteiger partial charge < -0.3 is 9.84 Å². The van der Waals surface area contributed by atoms with Crippen LogP contribution < -0.4 is 4.74 Å². The minimum absolute atomic E-state index is 0.0409. The van der Waals surface area contributed by atoms with Gasteiger partial charge in [-0.05, 0) is 40.8 Å². The van der Waals surface area contributed by atoms with Crippen molar-refractivity contribution in [3.8, 4) is 5.75 Å². The maximum absolute atomic E-state index is 9.10. The Morgan fingerprint density at radius 1 is 1.29 bits per heavy atom. The third-order valence-corrected chi connectivity index (χ3v) is 3.39. The molecule has 2 nitrogen and oxygen atoms in total. The van der Waals surface area contributed by atoms with Crippen molar-refractivity contribution in [2.24, 2.45) is 0 Å². The lowest BCUT2D eigenvalue weighted by Crippen LogP contribution is -1.88. The first-order valence-electron chi connectivity index (χ1n) is 5.34. The number of hydrogen-bond acceptors (Lipinski definition) is 3. The highest BCUT2D eigenvalue weighted by molar-refractivity contribution is 7.11. The number of aliphatic hydroxyl groups excluding tert-OH is 1. The summed E-state index contributed by atoms with van der Waals surface area (Å²) in [7, 11) is 1.65. The lowest BCUT2D eigenvalue weighted by molar-refractivity contribution is 0.343. The number of rotatable bonds is 4. The summed E-state index contributed by atoms with van der Waals surface area (Å²) in [6.45, 7) is 0.0409. The van der Waals surface area contributed by atoms with E-state index in [-0.39, 0.29) is 6.61 Å². The van der Waals surface area contributed by atoms with Gasteiger partial charge in [-0.25, -0.2) is 0 Å². The lowest BCUT2D eigenvalue weighted by atomic mass is 10.0. The minimum atomic E-state index is 0.0409. The number of hydrogen-bond donors (Lipinski definition) is 1. The molecule has 0 bridgehead atoms. The molecule has 0 amide bonds. The predicted octanol–water partition coefficient (Wildman–Crippen LogP) is 3.18. The molecule has 0 atom stereocenters. The zero-order valence-electron chi connectivity index (χ0n) is 9.59.